The molecule has 0 radical (unpaired) electrons. The average molecular weight is 257 g/mol. The zero-order chi connectivity index (χ0) is 13.7. The van der Waals surface area contributed by atoms with Gasteiger partial charge in [0, 0.05) is 6.04 Å². The van der Waals surface area contributed by atoms with Crippen molar-refractivity contribution in [2.24, 2.45) is 11.8 Å². The Labute approximate surface area is 108 Å². The van der Waals surface area contributed by atoms with E-state index in [2.05, 4.69) is 13.8 Å². The zero-order valence-electron chi connectivity index (χ0n) is 11.1. The summed E-state index contributed by atoms with van der Waals surface area (Å²) >= 11 is 0. The van der Waals surface area contributed by atoms with Crippen molar-refractivity contribution in [2.75, 3.05) is 13.1 Å². The van der Waals surface area contributed by atoms with Crippen LogP contribution in [0.4, 0.5) is 0 Å². The van der Waals surface area contributed by atoms with Gasteiger partial charge in [-0.2, -0.15) is 0 Å². The van der Waals surface area contributed by atoms with Gasteiger partial charge < -0.3 is 10.2 Å². The summed E-state index contributed by atoms with van der Waals surface area (Å²) in [6.45, 7) is 3.99. The fourth-order valence-corrected chi connectivity index (χ4v) is 2.80. The molecular formula is C13H23NO4. The Hall–Kier alpha value is -1.10. The third kappa shape index (κ3) is 4.64. The molecular weight excluding hydrogens is 234 g/mol. The number of aliphatic carboxylic acids is 2. The Morgan fingerprint density at radius 2 is 1.72 bits per heavy atom. The van der Waals surface area contributed by atoms with E-state index in [-0.39, 0.29) is 19.1 Å². The molecule has 5 nitrogen and oxygen atoms in total. The third-order valence-electron chi connectivity index (χ3n) is 3.82. The lowest BCUT2D eigenvalue weighted by Gasteiger charge is -2.37. The highest BCUT2D eigenvalue weighted by Gasteiger charge is 2.30. The summed E-state index contributed by atoms with van der Waals surface area (Å²) in [5, 5.41) is 17.7. The van der Waals surface area contributed by atoms with Crippen LogP contribution in [0.3, 0.4) is 0 Å². The molecule has 1 rings (SSSR count). The van der Waals surface area contributed by atoms with Gasteiger partial charge in [0.15, 0.2) is 0 Å². The van der Waals surface area contributed by atoms with Crippen LogP contribution in [0, 0.1) is 11.8 Å². The molecule has 0 amide bonds. The van der Waals surface area contributed by atoms with Gasteiger partial charge in [-0.15, -0.1) is 0 Å². The smallest absolute Gasteiger partial charge is 0.317 e. The average Bonchev–Trinajstić information content (AvgIpc) is 2.27. The van der Waals surface area contributed by atoms with Gasteiger partial charge in [0.1, 0.15) is 0 Å². The summed E-state index contributed by atoms with van der Waals surface area (Å²) in [6, 6.07) is 0.0957. The quantitative estimate of drug-likeness (QED) is 0.757. The highest BCUT2D eigenvalue weighted by Crippen LogP contribution is 2.32. The monoisotopic (exact) mass is 257 g/mol. The minimum atomic E-state index is -0.956. The van der Waals surface area contributed by atoms with Crippen LogP contribution in [-0.2, 0) is 9.59 Å². The van der Waals surface area contributed by atoms with Crippen LogP contribution in [-0.4, -0.2) is 46.2 Å². The number of hydrogen-bond acceptors (Lipinski definition) is 3. The molecule has 0 aromatic carbocycles. The van der Waals surface area contributed by atoms with Crippen LogP contribution in [0.1, 0.15) is 39.5 Å². The van der Waals surface area contributed by atoms with Crippen molar-refractivity contribution < 1.29 is 19.8 Å². The van der Waals surface area contributed by atoms with E-state index in [1.165, 1.54) is 6.42 Å². The van der Waals surface area contributed by atoms with Gasteiger partial charge >= 0.3 is 11.9 Å². The Kier molecular flexibility index (Phi) is 5.59. The maximum atomic E-state index is 10.8. The van der Waals surface area contributed by atoms with Crippen LogP contribution in [0.15, 0.2) is 0 Å². The van der Waals surface area contributed by atoms with Gasteiger partial charge in [-0.25, -0.2) is 0 Å². The maximum Gasteiger partial charge on any atom is 0.317 e. The molecule has 1 fully saturated rings. The third-order valence-corrected chi connectivity index (χ3v) is 3.82. The summed E-state index contributed by atoms with van der Waals surface area (Å²) in [6.07, 6.45) is 4.05. The fourth-order valence-electron chi connectivity index (χ4n) is 2.80. The standard InChI is InChI=1S/C13H23NO4/c1-9(2)10-4-3-5-11(6-10)14(7-12(15)16)8-13(17)18/h9-11H,3-8H2,1-2H3,(H,15,16)(H,17,18). The first-order chi connectivity index (χ1) is 8.40. The highest BCUT2D eigenvalue weighted by molar-refractivity contribution is 5.72. The normalized spacial score (nSPS) is 24.4. The van der Waals surface area contributed by atoms with Crippen molar-refractivity contribution in [2.45, 2.75) is 45.6 Å². The van der Waals surface area contributed by atoms with Crippen molar-refractivity contribution in [3.05, 3.63) is 0 Å². The van der Waals surface area contributed by atoms with Gasteiger partial charge in [0.05, 0.1) is 13.1 Å². The van der Waals surface area contributed by atoms with E-state index in [0.717, 1.165) is 19.3 Å². The first-order valence-electron chi connectivity index (χ1n) is 6.57. The van der Waals surface area contributed by atoms with Crippen molar-refractivity contribution >= 4 is 11.9 Å². The molecule has 0 spiro atoms. The van der Waals surface area contributed by atoms with Crippen molar-refractivity contribution in [3.8, 4) is 0 Å². The Bertz CT molecular complexity index is 287. The lowest BCUT2D eigenvalue weighted by Crippen LogP contribution is -2.45. The van der Waals surface area contributed by atoms with Gasteiger partial charge in [0.2, 0.25) is 0 Å². The summed E-state index contributed by atoms with van der Waals surface area (Å²) < 4.78 is 0. The summed E-state index contributed by atoms with van der Waals surface area (Å²) in [7, 11) is 0. The predicted octanol–water partition coefficient (Wildman–Crippen LogP) is 1.67. The van der Waals surface area contributed by atoms with E-state index >= 15 is 0 Å². The van der Waals surface area contributed by atoms with Crippen LogP contribution < -0.4 is 0 Å². The molecule has 2 unspecified atom stereocenters. The molecule has 1 saturated carbocycles. The largest absolute Gasteiger partial charge is 0.480 e. The van der Waals surface area contributed by atoms with E-state index in [1.807, 2.05) is 0 Å². The number of nitrogens with zero attached hydrogens (tertiary/aromatic N) is 1. The molecule has 0 saturated heterocycles. The molecule has 104 valence electrons. The van der Waals surface area contributed by atoms with Crippen LogP contribution in [0.5, 0.6) is 0 Å². The van der Waals surface area contributed by atoms with Crippen molar-refractivity contribution in [3.63, 3.8) is 0 Å². The lowest BCUT2D eigenvalue weighted by molar-refractivity contribution is -0.143. The first kappa shape index (κ1) is 15.0. The Morgan fingerprint density at radius 1 is 1.17 bits per heavy atom. The summed E-state index contributed by atoms with van der Waals surface area (Å²) in [5.41, 5.74) is 0. The molecule has 0 aromatic heterocycles. The SMILES string of the molecule is CC(C)C1CCCC(N(CC(=O)O)CC(=O)O)C1. The second-order valence-corrected chi connectivity index (χ2v) is 5.52. The van der Waals surface area contributed by atoms with Gasteiger partial charge in [0.25, 0.3) is 0 Å². The van der Waals surface area contributed by atoms with Crippen molar-refractivity contribution in [1.82, 2.24) is 4.90 Å². The molecule has 0 bridgehead atoms. The highest BCUT2D eigenvalue weighted by atomic mass is 16.4. The topological polar surface area (TPSA) is 77.8 Å². The molecule has 5 heteroatoms. The van der Waals surface area contributed by atoms with Gasteiger partial charge in [-0.05, 0) is 24.7 Å². The van der Waals surface area contributed by atoms with Gasteiger partial charge in [-0.3, -0.25) is 14.5 Å². The number of carboxylic acids is 2. The molecule has 0 aromatic rings. The fraction of sp³-hybridized carbons (Fsp3) is 0.846. The predicted molar refractivity (Wildman–Crippen MR) is 67.4 cm³/mol. The van der Waals surface area contributed by atoms with E-state index in [1.54, 1.807) is 4.90 Å². The Balaban J connectivity index is 2.65. The van der Waals surface area contributed by atoms with Crippen LogP contribution in [0.25, 0.3) is 0 Å². The van der Waals surface area contributed by atoms with Crippen molar-refractivity contribution in [1.29, 1.82) is 0 Å². The second kappa shape index (κ2) is 6.73. The maximum absolute atomic E-state index is 10.8. The number of carboxylic acid groups (broad SMARTS) is 2. The molecule has 1 aliphatic rings. The second-order valence-electron chi connectivity index (χ2n) is 5.52. The van der Waals surface area contributed by atoms with E-state index < -0.39 is 11.9 Å². The molecule has 2 N–H and O–H groups in total. The van der Waals surface area contributed by atoms with Crippen LogP contribution >= 0.6 is 0 Å². The molecule has 1 aliphatic carbocycles. The molecule has 0 heterocycles. The summed E-state index contributed by atoms with van der Waals surface area (Å²) in [4.78, 5) is 23.2. The minimum absolute atomic E-state index is 0.0957. The Morgan fingerprint density at radius 3 is 2.17 bits per heavy atom. The zero-order valence-corrected chi connectivity index (χ0v) is 11.1. The molecule has 18 heavy (non-hydrogen) atoms. The first-order valence-corrected chi connectivity index (χ1v) is 6.57. The molecule has 2 atom stereocenters. The number of rotatable bonds is 6. The number of hydrogen-bond donors (Lipinski definition) is 2. The van der Waals surface area contributed by atoms with E-state index in [9.17, 15) is 9.59 Å². The number of carbonyl (C=O) groups is 2. The summed E-state index contributed by atoms with van der Waals surface area (Å²) in [5.74, 6) is -0.760. The minimum Gasteiger partial charge on any atom is -0.480 e. The van der Waals surface area contributed by atoms with E-state index in [0.29, 0.717) is 11.8 Å². The lowest BCUT2D eigenvalue weighted by atomic mass is 9.79. The van der Waals surface area contributed by atoms with E-state index in [4.69, 9.17) is 10.2 Å². The molecule has 0 aliphatic heterocycles. The van der Waals surface area contributed by atoms with Gasteiger partial charge in [-0.1, -0.05) is 26.7 Å². The van der Waals surface area contributed by atoms with Crippen LogP contribution in [0.2, 0.25) is 0 Å².